The van der Waals surface area contributed by atoms with Crippen LogP contribution in [0.2, 0.25) is 0 Å². The van der Waals surface area contributed by atoms with Crippen molar-refractivity contribution in [2.24, 2.45) is 11.8 Å². The normalized spacial score (nSPS) is 24.9. The first kappa shape index (κ1) is 16.5. The maximum Gasteiger partial charge on any atom is 0.183 e. The summed E-state index contributed by atoms with van der Waals surface area (Å²) in [7, 11) is 0. The van der Waals surface area contributed by atoms with Gasteiger partial charge in [0.2, 0.25) is 0 Å². The van der Waals surface area contributed by atoms with E-state index in [4.69, 9.17) is 0 Å². The number of H-pyrrole nitrogens is 1. The van der Waals surface area contributed by atoms with Crippen LogP contribution in [0.3, 0.4) is 0 Å². The van der Waals surface area contributed by atoms with E-state index >= 15 is 0 Å². The van der Waals surface area contributed by atoms with E-state index in [1.165, 1.54) is 38.2 Å². The highest BCUT2D eigenvalue weighted by Gasteiger charge is 2.33. The van der Waals surface area contributed by atoms with Crippen LogP contribution in [-0.2, 0) is 0 Å². The zero-order valence-corrected chi connectivity index (χ0v) is 14.8. The third kappa shape index (κ3) is 3.02. The van der Waals surface area contributed by atoms with E-state index in [1.807, 2.05) is 0 Å². The fraction of sp³-hybridized carbons (Fsp3) is 0.474. The highest BCUT2D eigenvalue weighted by atomic mass is 19.1. The molecule has 2 bridgehead atoms. The first-order valence-electron chi connectivity index (χ1n) is 9.46. The monoisotopic (exact) mass is 370 g/mol. The molecule has 6 nitrogen and oxygen atoms in total. The second-order valence-electron chi connectivity index (χ2n) is 7.63. The van der Waals surface area contributed by atoms with Gasteiger partial charge in [-0.15, -0.1) is 0 Å². The van der Waals surface area contributed by atoms with Crippen LogP contribution in [0.1, 0.15) is 38.5 Å². The number of aromatic amines is 1. The quantitative estimate of drug-likeness (QED) is 0.726. The predicted octanol–water partition coefficient (Wildman–Crippen LogP) is 4.07. The van der Waals surface area contributed by atoms with Gasteiger partial charge < -0.3 is 5.32 Å². The predicted molar refractivity (Wildman–Crippen MR) is 96.9 cm³/mol. The van der Waals surface area contributed by atoms with Gasteiger partial charge in [0, 0.05) is 6.04 Å². The fourth-order valence-corrected chi connectivity index (χ4v) is 4.58. The largest absolute Gasteiger partial charge is 0.364 e. The molecule has 3 aromatic rings. The van der Waals surface area contributed by atoms with Crippen molar-refractivity contribution in [1.29, 1.82) is 0 Å². The number of hydrogen-bond donors (Lipinski definition) is 2. The molecule has 2 N–H and O–H groups in total. The summed E-state index contributed by atoms with van der Waals surface area (Å²) in [6, 6.07) is 1.56. The zero-order valence-electron chi connectivity index (χ0n) is 14.8. The van der Waals surface area contributed by atoms with E-state index in [-0.39, 0.29) is 17.7 Å². The lowest BCUT2D eigenvalue weighted by Gasteiger charge is -2.33. The Kier molecular flexibility index (Phi) is 3.98. The average Bonchev–Trinajstić information content (AvgIpc) is 2.83. The molecule has 6 rings (SSSR count). The van der Waals surface area contributed by atoms with Crippen LogP contribution in [0.4, 0.5) is 14.6 Å². The van der Waals surface area contributed by atoms with Crippen molar-refractivity contribution in [2.45, 2.75) is 44.6 Å². The summed E-state index contributed by atoms with van der Waals surface area (Å²) in [6.45, 7) is 0. The Morgan fingerprint density at radius 1 is 1.07 bits per heavy atom. The molecule has 3 aliphatic carbocycles. The van der Waals surface area contributed by atoms with Crippen LogP contribution in [0.15, 0.2) is 18.5 Å². The minimum Gasteiger partial charge on any atom is -0.364 e. The maximum atomic E-state index is 14.4. The lowest BCUT2D eigenvalue weighted by molar-refractivity contribution is 0.279. The summed E-state index contributed by atoms with van der Waals surface area (Å²) in [6.07, 6.45) is 9.49. The summed E-state index contributed by atoms with van der Waals surface area (Å²) < 4.78 is 28.0. The average molecular weight is 370 g/mol. The van der Waals surface area contributed by atoms with Crippen LogP contribution in [0.25, 0.3) is 22.6 Å². The number of pyridine rings is 1. The van der Waals surface area contributed by atoms with Crippen molar-refractivity contribution in [3.05, 3.63) is 30.1 Å². The van der Waals surface area contributed by atoms with Crippen LogP contribution in [0, 0.1) is 23.5 Å². The number of hydrogen-bond acceptors (Lipinski definition) is 5. The first-order valence-corrected chi connectivity index (χ1v) is 9.46. The molecule has 0 aromatic carbocycles. The summed E-state index contributed by atoms with van der Waals surface area (Å²) in [4.78, 5) is 12.4. The third-order valence-corrected chi connectivity index (χ3v) is 5.96. The van der Waals surface area contributed by atoms with E-state index in [0.717, 1.165) is 24.7 Å². The number of halogens is 2. The minimum atomic E-state index is -0.480. The molecule has 0 amide bonds. The van der Waals surface area contributed by atoms with Crippen molar-refractivity contribution in [3.8, 4) is 11.5 Å². The standard InChI is InChI=1S/C19H20F2N6/c20-12-7-13-16(26-27-17(13)22-8-12)19-23-9-14(21)18(25-19)24-15-6-10-2-1-3-11(15)5-4-10/h7-11,15H,1-6H2,(H,22,26,27)(H,23,24,25). The van der Waals surface area contributed by atoms with Gasteiger partial charge in [-0.3, -0.25) is 5.10 Å². The van der Waals surface area contributed by atoms with Crippen LogP contribution in [0.5, 0.6) is 0 Å². The van der Waals surface area contributed by atoms with Crippen molar-refractivity contribution >= 4 is 16.9 Å². The number of fused-ring (bicyclic) bond motifs is 5. The van der Waals surface area contributed by atoms with E-state index in [9.17, 15) is 8.78 Å². The van der Waals surface area contributed by atoms with E-state index < -0.39 is 11.6 Å². The summed E-state index contributed by atoms with van der Waals surface area (Å²) in [5.41, 5.74) is 0.803. The van der Waals surface area contributed by atoms with Crippen molar-refractivity contribution < 1.29 is 8.78 Å². The van der Waals surface area contributed by atoms with Crippen LogP contribution < -0.4 is 5.32 Å². The van der Waals surface area contributed by atoms with Crippen molar-refractivity contribution in [3.63, 3.8) is 0 Å². The van der Waals surface area contributed by atoms with E-state index in [1.54, 1.807) is 0 Å². The molecule has 3 heterocycles. The molecule has 3 fully saturated rings. The topological polar surface area (TPSA) is 79.4 Å². The maximum absolute atomic E-state index is 14.4. The fourth-order valence-electron chi connectivity index (χ4n) is 4.58. The molecule has 3 saturated carbocycles. The summed E-state index contributed by atoms with van der Waals surface area (Å²) in [5, 5.41) is 10.6. The van der Waals surface area contributed by atoms with Gasteiger partial charge >= 0.3 is 0 Å². The smallest absolute Gasteiger partial charge is 0.183 e. The molecule has 0 saturated heterocycles. The summed E-state index contributed by atoms with van der Waals surface area (Å²) >= 11 is 0. The number of rotatable bonds is 3. The lowest BCUT2D eigenvalue weighted by atomic mass is 9.80. The highest BCUT2D eigenvalue weighted by molar-refractivity contribution is 5.88. The van der Waals surface area contributed by atoms with Gasteiger partial charge in [-0.2, -0.15) is 5.10 Å². The molecule has 3 aliphatic rings. The summed E-state index contributed by atoms with van der Waals surface area (Å²) in [5.74, 6) is 0.799. The highest BCUT2D eigenvalue weighted by Crippen LogP contribution is 2.40. The van der Waals surface area contributed by atoms with Crippen molar-refractivity contribution in [2.75, 3.05) is 5.32 Å². The Morgan fingerprint density at radius 2 is 2.00 bits per heavy atom. The van der Waals surface area contributed by atoms with Crippen molar-refractivity contribution in [1.82, 2.24) is 25.1 Å². The molecule has 3 aromatic heterocycles. The molecule has 140 valence electrons. The Labute approximate surface area is 154 Å². The van der Waals surface area contributed by atoms with Gasteiger partial charge in [-0.1, -0.05) is 19.3 Å². The lowest BCUT2D eigenvalue weighted by Crippen LogP contribution is -2.34. The first-order chi connectivity index (χ1) is 13.2. The Morgan fingerprint density at radius 3 is 2.93 bits per heavy atom. The Balaban J connectivity index is 1.48. The van der Waals surface area contributed by atoms with Gasteiger partial charge in [0.25, 0.3) is 0 Å². The molecule has 3 unspecified atom stereocenters. The van der Waals surface area contributed by atoms with Gasteiger partial charge in [0.15, 0.2) is 23.1 Å². The van der Waals surface area contributed by atoms with Gasteiger partial charge in [0.1, 0.15) is 11.5 Å². The van der Waals surface area contributed by atoms with Crippen LogP contribution in [-0.4, -0.2) is 31.2 Å². The van der Waals surface area contributed by atoms with Gasteiger partial charge in [-0.25, -0.2) is 23.7 Å². The molecule has 8 heteroatoms. The molecule has 0 radical (unpaired) electrons. The SMILES string of the molecule is Fc1cnc2n[nH]c(-c3ncc(F)c(NC4CC5CCCC4CC5)n3)c2c1. The third-order valence-electron chi connectivity index (χ3n) is 5.96. The molecular weight excluding hydrogens is 350 g/mol. The minimum absolute atomic E-state index is 0.199. The number of anilines is 1. The molecular formula is C19H20F2N6. The zero-order chi connectivity index (χ0) is 18.4. The number of nitrogens with zero attached hydrogens (tertiary/aromatic N) is 4. The second kappa shape index (κ2) is 6.51. The number of nitrogens with one attached hydrogen (secondary N) is 2. The second-order valence-corrected chi connectivity index (χ2v) is 7.63. The van der Waals surface area contributed by atoms with Gasteiger partial charge in [0.05, 0.1) is 17.8 Å². The Bertz CT molecular complexity index is 983. The molecule has 0 aliphatic heterocycles. The Hall–Kier alpha value is -2.64. The van der Waals surface area contributed by atoms with Crippen LogP contribution >= 0.6 is 0 Å². The van der Waals surface area contributed by atoms with E-state index in [0.29, 0.717) is 22.6 Å². The number of aromatic nitrogens is 5. The molecule has 0 spiro atoms. The molecule has 3 atom stereocenters. The van der Waals surface area contributed by atoms with Gasteiger partial charge in [-0.05, 0) is 37.2 Å². The van der Waals surface area contributed by atoms with E-state index in [2.05, 4.69) is 30.5 Å². The molecule has 27 heavy (non-hydrogen) atoms.